The summed E-state index contributed by atoms with van der Waals surface area (Å²) in [6.07, 6.45) is 4.10. The molecular formula is C11H15N5O. The fourth-order valence-electron chi connectivity index (χ4n) is 1.63. The Bertz CT molecular complexity index is 557. The fraction of sp³-hybridized carbons (Fsp3) is 0.364. The topological polar surface area (TPSA) is 78.7 Å². The molecule has 0 unspecified atom stereocenters. The van der Waals surface area contributed by atoms with E-state index in [4.69, 9.17) is 5.73 Å². The number of anilines is 1. The van der Waals surface area contributed by atoms with Crippen LogP contribution in [0, 0.1) is 0 Å². The standard InChI is InChI=1S/C11H15N5O/c1-2-5-16-10(13-8-14-16)7-15-6-9(12)3-4-11(15)17/h3-4,6,8H,2,5,7,12H2,1H3. The third-order valence-corrected chi connectivity index (χ3v) is 2.45. The molecule has 0 amide bonds. The van der Waals surface area contributed by atoms with Gasteiger partial charge in [0, 0.05) is 24.5 Å². The molecule has 0 atom stereocenters. The summed E-state index contributed by atoms with van der Waals surface area (Å²) in [6, 6.07) is 3.05. The fourth-order valence-corrected chi connectivity index (χ4v) is 1.63. The maximum atomic E-state index is 11.6. The first-order valence-electron chi connectivity index (χ1n) is 5.53. The second kappa shape index (κ2) is 4.82. The van der Waals surface area contributed by atoms with Crippen LogP contribution in [0.25, 0.3) is 0 Å². The Morgan fingerprint density at radius 1 is 1.41 bits per heavy atom. The Kier molecular flexibility index (Phi) is 3.22. The molecule has 0 fully saturated rings. The number of nitrogen functional groups attached to an aromatic ring is 1. The quantitative estimate of drug-likeness (QED) is 0.833. The second-order valence-electron chi connectivity index (χ2n) is 3.83. The summed E-state index contributed by atoms with van der Waals surface area (Å²) in [4.78, 5) is 15.8. The van der Waals surface area contributed by atoms with Crippen molar-refractivity contribution < 1.29 is 0 Å². The maximum absolute atomic E-state index is 11.6. The van der Waals surface area contributed by atoms with Gasteiger partial charge >= 0.3 is 0 Å². The molecular weight excluding hydrogens is 218 g/mol. The van der Waals surface area contributed by atoms with Crippen molar-refractivity contribution in [1.82, 2.24) is 19.3 Å². The van der Waals surface area contributed by atoms with Crippen molar-refractivity contribution in [1.29, 1.82) is 0 Å². The average molecular weight is 233 g/mol. The Balaban J connectivity index is 2.28. The van der Waals surface area contributed by atoms with E-state index in [-0.39, 0.29) is 5.56 Å². The normalized spacial score (nSPS) is 10.6. The molecule has 0 saturated carbocycles. The lowest BCUT2D eigenvalue weighted by atomic mass is 10.4. The van der Waals surface area contributed by atoms with Crippen molar-refractivity contribution in [3.8, 4) is 0 Å². The number of hydrogen-bond acceptors (Lipinski definition) is 4. The summed E-state index contributed by atoms with van der Waals surface area (Å²) < 4.78 is 3.33. The third-order valence-electron chi connectivity index (χ3n) is 2.45. The second-order valence-corrected chi connectivity index (χ2v) is 3.83. The van der Waals surface area contributed by atoms with Crippen molar-refractivity contribution in [2.75, 3.05) is 5.73 Å². The highest BCUT2D eigenvalue weighted by Gasteiger charge is 2.05. The van der Waals surface area contributed by atoms with E-state index in [1.807, 2.05) is 0 Å². The van der Waals surface area contributed by atoms with E-state index in [9.17, 15) is 4.79 Å². The molecule has 0 spiro atoms. The van der Waals surface area contributed by atoms with Crippen molar-refractivity contribution >= 4 is 5.69 Å². The Morgan fingerprint density at radius 2 is 2.24 bits per heavy atom. The minimum atomic E-state index is -0.0924. The first-order chi connectivity index (χ1) is 8.20. The summed E-state index contributed by atoms with van der Waals surface area (Å²) >= 11 is 0. The molecule has 2 rings (SSSR count). The first-order valence-corrected chi connectivity index (χ1v) is 5.53. The maximum Gasteiger partial charge on any atom is 0.251 e. The molecule has 6 nitrogen and oxygen atoms in total. The highest BCUT2D eigenvalue weighted by atomic mass is 16.1. The molecule has 0 radical (unpaired) electrons. The molecule has 90 valence electrons. The average Bonchev–Trinajstić information content (AvgIpc) is 2.72. The summed E-state index contributed by atoms with van der Waals surface area (Å²) in [7, 11) is 0. The monoisotopic (exact) mass is 233 g/mol. The Hall–Kier alpha value is -2.11. The predicted molar refractivity (Wildman–Crippen MR) is 64.5 cm³/mol. The van der Waals surface area contributed by atoms with Crippen molar-refractivity contribution in [2.45, 2.75) is 26.4 Å². The highest BCUT2D eigenvalue weighted by molar-refractivity contribution is 5.33. The van der Waals surface area contributed by atoms with Crippen molar-refractivity contribution in [3.63, 3.8) is 0 Å². The van der Waals surface area contributed by atoms with Crippen LogP contribution in [0.1, 0.15) is 19.2 Å². The predicted octanol–water partition coefficient (Wildman–Crippen LogP) is 0.480. The smallest absolute Gasteiger partial charge is 0.251 e. The number of pyridine rings is 1. The zero-order valence-electron chi connectivity index (χ0n) is 9.71. The zero-order valence-corrected chi connectivity index (χ0v) is 9.71. The zero-order chi connectivity index (χ0) is 12.3. The van der Waals surface area contributed by atoms with E-state index in [1.54, 1.807) is 16.9 Å². The van der Waals surface area contributed by atoms with Gasteiger partial charge in [0.2, 0.25) is 0 Å². The number of hydrogen-bond donors (Lipinski definition) is 1. The van der Waals surface area contributed by atoms with Crippen LogP contribution in [0.2, 0.25) is 0 Å². The molecule has 2 aromatic heterocycles. The summed E-state index contributed by atoms with van der Waals surface area (Å²) in [5.41, 5.74) is 6.12. The van der Waals surface area contributed by atoms with Crippen LogP contribution in [-0.4, -0.2) is 19.3 Å². The molecule has 2 N–H and O–H groups in total. The van der Waals surface area contributed by atoms with Gasteiger partial charge in [-0.1, -0.05) is 6.92 Å². The van der Waals surface area contributed by atoms with Gasteiger partial charge in [0.15, 0.2) is 0 Å². The van der Waals surface area contributed by atoms with Gasteiger partial charge in [-0.15, -0.1) is 0 Å². The van der Waals surface area contributed by atoms with Gasteiger partial charge in [-0.05, 0) is 12.5 Å². The minimum Gasteiger partial charge on any atom is -0.398 e. The Morgan fingerprint density at radius 3 is 3.00 bits per heavy atom. The SMILES string of the molecule is CCCn1ncnc1Cn1cc(N)ccc1=O. The van der Waals surface area contributed by atoms with Gasteiger partial charge in [0.05, 0.1) is 6.54 Å². The molecule has 0 aromatic carbocycles. The van der Waals surface area contributed by atoms with E-state index < -0.39 is 0 Å². The molecule has 0 saturated heterocycles. The van der Waals surface area contributed by atoms with Gasteiger partial charge < -0.3 is 10.3 Å². The molecule has 17 heavy (non-hydrogen) atoms. The molecule has 0 aliphatic carbocycles. The summed E-state index contributed by atoms with van der Waals surface area (Å²) in [5.74, 6) is 0.763. The molecule has 2 aromatic rings. The van der Waals surface area contributed by atoms with Gasteiger partial charge in [0.1, 0.15) is 12.2 Å². The van der Waals surface area contributed by atoms with Crippen LogP contribution in [-0.2, 0) is 13.1 Å². The van der Waals surface area contributed by atoms with Crippen LogP contribution in [0.5, 0.6) is 0 Å². The number of rotatable bonds is 4. The van der Waals surface area contributed by atoms with E-state index in [1.165, 1.54) is 17.0 Å². The van der Waals surface area contributed by atoms with Crippen LogP contribution >= 0.6 is 0 Å². The van der Waals surface area contributed by atoms with Crippen LogP contribution in [0.4, 0.5) is 5.69 Å². The van der Waals surface area contributed by atoms with Gasteiger partial charge in [-0.3, -0.25) is 4.79 Å². The highest BCUT2D eigenvalue weighted by Crippen LogP contribution is 2.01. The Labute approximate surface area is 98.7 Å². The molecule has 6 heteroatoms. The van der Waals surface area contributed by atoms with Crippen molar-refractivity contribution in [2.24, 2.45) is 0 Å². The molecule has 0 aliphatic rings. The largest absolute Gasteiger partial charge is 0.398 e. The number of nitrogens with zero attached hydrogens (tertiary/aromatic N) is 4. The third kappa shape index (κ3) is 2.52. The van der Waals surface area contributed by atoms with E-state index in [0.29, 0.717) is 12.2 Å². The lowest BCUT2D eigenvalue weighted by Gasteiger charge is -2.07. The summed E-state index contributed by atoms with van der Waals surface area (Å²) in [5, 5.41) is 4.11. The molecule has 0 aliphatic heterocycles. The number of aromatic nitrogens is 4. The van der Waals surface area contributed by atoms with Gasteiger partial charge in [0.25, 0.3) is 5.56 Å². The lowest BCUT2D eigenvalue weighted by molar-refractivity contribution is 0.550. The van der Waals surface area contributed by atoms with Crippen molar-refractivity contribution in [3.05, 3.63) is 40.8 Å². The molecule has 2 heterocycles. The minimum absolute atomic E-state index is 0.0924. The number of nitrogens with two attached hydrogens (primary N) is 1. The molecule has 0 bridgehead atoms. The first kappa shape index (κ1) is 11.4. The lowest BCUT2D eigenvalue weighted by Crippen LogP contribution is -2.21. The summed E-state index contributed by atoms with van der Waals surface area (Å²) in [6.45, 7) is 3.26. The van der Waals surface area contributed by atoms with E-state index in [0.717, 1.165) is 18.8 Å². The van der Waals surface area contributed by atoms with Gasteiger partial charge in [-0.25, -0.2) is 9.67 Å². The van der Waals surface area contributed by atoms with E-state index in [2.05, 4.69) is 17.0 Å². The van der Waals surface area contributed by atoms with Crippen LogP contribution < -0.4 is 11.3 Å². The van der Waals surface area contributed by atoms with Gasteiger partial charge in [-0.2, -0.15) is 5.10 Å². The van der Waals surface area contributed by atoms with E-state index >= 15 is 0 Å². The van der Waals surface area contributed by atoms with Crippen LogP contribution in [0.15, 0.2) is 29.5 Å². The van der Waals surface area contributed by atoms with Crippen LogP contribution in [0.3, 0.4) is 0 Å². The number of aryl methyl sites for hydroxylation is 1.